The number of hydrogen-bond donors (Lipinski definition) is 1. The normalized spacial score (nSPS) is 28.9. The Morgan fingerprint density at radius 2 is 1.95 bits per heavy atom. The zero-order chi connectivity index (χ0) is 14.5. The Labute approximate surface area is 114 Å². The maximum absolute atomic E-state index is 12.3. The monoisotopic (exact) mass is 281 g/mol. The zero-order valence-corrected chi connectivity index (χ0v) is 12.1. The Morgan fingerprint density at radius 1 is 1.26 bits per heavy atom. The molecule has 0 saturated heterocycles. The zero-order valence-electron chi connectivity index (χ0n) is 12.1. The lowest BCUT2D eigenvalue weighted by Crippen LogP contribution is -2.47. The summed E-state index contributed by atoms with van der Waals surface area (Å²) in [7, 11) is 0. The summed E-state index contributed by atoms with van der Waals surface area (Å²) in [6.45, 7) is 6.02. The molecule has 0 aromatic carbocycles. The van der Waals surface area contributed by atoms with Crippen LogP contribution in [-0.4, -0.2) is 31.5 Å². The van der Waals surface area contributed by atoms with Gasteiger partial charge in [0, 0.05) is 6.04 Å². The van der Waals surface area contributed by atoms with E-state index in [-0.39, 0.29) is 12.1 Å². The topological polar surface area (TPSA) is 21.3 Å². The van der Waals surface area contributed by atoms with Crippen molar-refractivity contribution >= 4 is 0 Å². The van der Waals surface area contributed by atoms with Gasteiger partial charge in [0.05, 0.1) is 6.10 Å². The number of ether oxygens (including phenoxy) is 1. The van der Waals surface area contributed by atoms with Crippen molar-refractivity contribution in [3.05, 3.63) is 0 Å². The van der Waals surface area contributed by atoms with Gasteiger partial charge in [-0.3, -0.25) is 0 Å². The highest BCUT2D eigenvalue weighted by atomic mass is 19.4. The Balaban J connectivity index is 2.54. The summed E-state index contributed by atoms with van der Waals surface area (Å²) in [5, 5.41) is 3.32. The van der Waals surface area contributed by atoms with E-state index < -0.39 is 12.8 Å². The Morgan fingerprint density at radius 3 is 2.47 bits per heavy atom. The van der Waals surface area contributed by atoms with Crippen LogP contribution in [0.4, 0.5) is 13.2 Å². The van der Waals surface area contributed by atoms with Gasteiger partial charge in [0.25, 0.3) is 0 Å². The van der Waals surface area contributed by atoms with Gasteiger partial charge in [0.2, 0.25) is 0 Å². The van der Waals surface area contributed by atoms with Crippen LogP contribution in [0.25, 0.3) is 0 Å². The van der Waals surface area contributed by atoms with Crippen LogP contribution in [0.15, 0.2) is 0 Å². The molecule has 1 aliphatic rings. The minimum absolute atomic E-state index is 0.0669. The molecular weight excluding hydrogens is 255 g/mol. The molecular formula is C14H26F3NO. The molecule has 19 heavy (non-hydrogen) atoms. The van der Waals surface area contributed by atoms with Crippen LogP contribution in [0.3, 0.4) is 0 Å². The maximum atomic E-state index is 12.3. The van der Waals surface area contributed by atoms with E-state index in [4.69, 9.17) is 4.74 Å². The highest BCUT2D eigenvalue weighted by molar-refractivity contribution is 4.87. The standard InChI is InChI=1S/C14H26F3NO/c1-4-7-18-12-6-5-11(10(2)3)8-13(12)19-9-14(15,16)17/h10-13,18H,4-9H2,1-3H3. The van der Waals surface area contributed by atoms with Gasteiger partial charge in [-0.15, -0.1) is 0 Å². The minimum atomic E-state index is -4.24. The molecule has 3 atom stereocenters. The van der Waals surface area contributed by atoms with Gasteiger partial charge in [-0.05, 0) is 44.1 Å². The first-order valence-electron chi connectivity index (χ1n) is 7.25. The van der Waals surface area contributed by atoms with E-state index in [1.807, 2.05) is 0 Å². The lowest BCUT2D eigenvalue weighted by atomic mass is 9.78. The van der Waals surface area contributed by atoms with E-state index in [1.165, 1.54) is 0 Å². The quantitative estimate of drug-likeness (QED) is 0.800. The van der Waals surface area contributed by atoms with E-state index in [0.29, 0.717) is 11.8 Å². The van der Waals surface area contributed by atoms with Crippen molar-refractivity contribution in [1.82, 2.24) is 5.32 Å². The molecule has 0 aromatic heterocycles. The molecule has 3 unspecified atom stereocenters. The van der Waals surface area contributed by atoms with E-state index in [2.05, 4.69) is 26.1 Å². The van der Waals surface area contributed by atoms with Gasteiger partial charge >= 0.3 is 6.18 Å². The molecule has 1 N–H and O–H groups in total. The molecule has 0 aromatic rings. The smallest absolute Gasteiger partial charge is 0.367 e. The lowest BCUT2D eigenvalue weighted by Gasteiger charge is -2.38. The van der Waals surface area contributed by atoms with Crippen LogP contribution in [0.2, 0.25) is 0 Å². The first-order valence-corrected chi connectivity index (χ1v) is 7.25. The molecule has 0 spiro atoms. The largest absolute Gasteiger partial charge is 0.411 e. The fourth-order valence-corrected chi connectivity index (χ4v) is 2.71. The third-order valence-electron chi connectivity index (χ3n) is 3.89. The van der Waals surface area contributed by atoms with Crippen LogP contribution >= 0.6 is 0 Å². The number of nitrogens with one attached hydrogen (secondary N) is 1. The van der Waals surface area contributed by atoms with Crippen LogP contribution in [0.5, 0.6) is 0 Å². The Hall–Kier alpha value is -0.290. The van der Waals surface area contributed by atoms with Crippen LogP contribution < -0.4 is 5.32 Å². The lowest BCUT2D eigenvalue weighted by molar-refractivity contribution is -0.192. The third-order valence-corrected chi connectivity index (χ3v) is 3.89. The number of rotatable bonds is 6. The highest BCUT2D eigenvalue weighted by Crippen LogP contribution is 2.32. The van der Waals surface area contributed by atoms with E-state index in [0.717, 1.165) is 32.2 Å². The molecule has 0 amide bonds. The SMILES string of the molecule is CCCNC1CCC(C(C)C)CC1OCC(F)(F)F. The second-order valence-electron chi connectivity index (χ2n) is 5.84. The van der Waals surface area contributed by atoms with Crippen molar-refractivity contribution in [2.24, 2.45) is 11.8 Å². The van der Waals surface area contributed by atoms with Crippen molar-refractivity contribution in [3.63, 3.8) is 0 Å². The summed E-state index contributed by atoms with van der Waals surface area (Å²) in [5.41, 5.74) is 0. The third kappa shape index (κ3) is 6.13. The fraction of sp³-hybridized carbons (Fsp3) is 1.00. The van der Waals surface area contributed by atoms with E-state index >= 15 is 0 Å². The van der Waals surface area contributed by atoms with Gasteiger partial charge in [-0.25, -0.2) is 0 Å². The summed E-state index contributed by atoms with van der Waals surface area (Å²) in [6.07, 6.45) is -0.851. The fourth-order valence-electron chi connectivity index (χ4n) is 2.71. The second kappa shape index (κ2) is 7.48. The molecule has 1 aliphatic carbocycles. The number of alkyl halides is 3. The predicted molar refractivity (Wildman–Crippen MR) is 70.1 cm³/mol. The summed E-state index contributed by atoms with van der Waals surface area (Å²) in [6, 6.07) is 0.0669. The van der Waals surface area contributed by atoms with Gasteiger partial charge in [-0.1, -0.05) is 20.8 Å². The molecule has 0 aliphatic heterocycles. The Bertz CT molecular complexity index is 256. The average molecular weight is 281 g/mol. The molecule has 0 radical (unpaired) electrons. The number of hydrogen-bond acceptors (Lipinski definition) is 2. The van der Waals surface area contributed by atoms with E-state index in [9.17, 15) is 13.2 Å². The summed E-state index contributed by atoms with van der Waals surface area (Å²) >= 11 is 0. The van der Waals surface area contributed by atoms with Crippen LogP contribution in [-0.2, 0) is 4.74 Å². The number of halogens is 3. The maximum Gasteiger partial charge on any atom is 0.411 e. The Kier molecular flexibility index (Phi) is 6.60. The highest BCUT2D eigenvalue weighted by Gasteiger charge is 2.36. The summed E-state index contributed by atoms with van der Waals surface area (Å²) < 4.78 is 42.1. The van der Waals surface area contributed by atoms with Gasteiger partial charge in [-0.2, -0.15) is 13.2 Å². The van der Waals surface area contributed by atoms with Crippen LogP contribution in [0.1, 0.15) is 46.5 Å². The van der Waals surface area contributed by atoms with Crippen molar-refractivity contribution in [1.29, 1.82) is 0 Å². The molecule has 1 rings (SSSR count). The molecule has 1 saturated carbocycles. The van der Waals surface area contributed by atoms with Gasteiger partial charge in [0.15, 0.2) is 0 Å². The summed E-state index contributed by atoms with van der Waals surface area (Å²) in [5.74, 6) is 0.974. The second-order valence-corrected chi connectivity index (χ2v) is 5.84. The van der Waals surface area contributed by atoms with Crippen LogP contribution in [0, 0.1) is 11.8 Å². The summed E-state index contributed by atoms with van der Waals surface area (Å²) in [4.78, 5) is 0. The average Bonchev–Trinajstić information content (AvgIpc) is 2.33. The van der Waals surface area contributed by atoms with Crippen molar-refractivity contribution < 1.29 is 17.9 Å². The molecule has 2 nitrogen and oxygen atoms in total. The molecule has 5 heteroatoms. The molecule has 1 fully saturated rings. The van der Waals surface area contributed by atoms with E-state index in [1.54, 1.807) is 0 Å². The molecule has 0 bridgehead atoms. The first-order chi connectivity index (χ1) is 8.83. The first kappa shape index (κ1) is 16.8. The van der Waals surface area contributed by atoms with Crippen molar-refractivity contribution in [2.45, 2.75) is 64.8 Å². The van der Waals surface area contributed by atoms with Gasteiger partial charge in [0.1, 0.15) is 6.61 Å². The predicted octanol–water partition coefficient (Wildman–Crippen LogP) is 3.76. The minimum Gasteiger partial charge on any atom is -0.367 e. The molecule has 0 heterocycles. The van der Waals surface area contributed by atoms with Crippen molar-refractivity contribution in [2.75, 3.05) is 13.2 Å². The molecule has 114 valence electrons. The van der Waals surface area contributed by atoms with Crippen molar-refractivity contribution in [3.8, 4) is 0 Å². The van der Waals surface area contributed by atoms with Gasteiger partial charge < -0.3 is 10.1 Å².